The van der Waals surface area contributed by atoms with Gasteiger partial charge < -0.3 is 14.9 Å². The smallest absolute Gasteiger partial charge is 0.137 e. The molecule has 0 aromatic carbocycles. The molecule has 3 unspecified atom stereocenters. The summed E-state index contributed by atoms with van der Waals surface area (Å²) in [7, 11) is 0. The fourth-order valence-corrected chi connectivity index (χ4v) is 3.24. The molecule has 0 spiro atoms. The van der Waals surface area contributed by atoms with Gasteiger partial charge in [0.15, 0.2) is 0 Å². The molecule has 2 aliphatic heterocycles. The molecular weight excluding hydrogens is 284 g/mol. The van der Waals surface area contributed by atoms with Crippen LogP contribution in [0.1, 0.15) is 24.6 Å². The highest BCUT2D eigenvalue weighted by molar-refractivity contribution is 9.10. The van der Waals surface area contributed by atoms with Crippen molar-refractivity contribution in [3.63, 3.8) is 0 Å². The van der Waals surface area contributed by atoms with Gasteiger partial charge in [-0.2, -0.15) is 0 Å². The fourth-order valence-electron chi connectivity index (χ4n) is 2.77. The number of nitrogens with zero attached hydrogens (tertiary/aromatic N) is 1. The van der Waals surface area contributed by atoms with Gasteiger partial charge in [0.25, 0.3) is 0 Å². The first-order chi connectivity index (χ1) is 8.25. The summed E-state index contributed by atoms with van der Waals surface area (Å²) in [6, 6.07) is 2.29. The quantitative estimate of drug-likeness (QED) is 0.906. The van der Waals surface area contributed by atoms with Crippen molar-refractivity contribution in [3.8, 4) is 0 Å². The van der Waals surface area contributed by atoms with Crippen LogP contribution in [-0.2, 0) is 4.74 Å². The van der Waals surface area contributed by atoms with Gasteiger partial charge in [0.1, 0.15) is 5.76 Å². The van der Waals surface area contributed by atoms with E-state index in [1.807, 2.05) is 6.07 Å². The topological polar surface area (TPSA) is 51.6 Å². The fraction of sp³-hybridized carbons (Fsp3) is 0.667. The number of furan rings is 1. The summed E-state index contributed by atoms with van der Waals surface area (Å²) in [5.74, 6) is 0.785. The monoisotopic (exact) mass is 300 g/mol. The molecular formula is C12H17BrN2O2. The molecule has 2 saturated heterocycles. The summed E-state index contributed by atoms with van der Waals surface area (Å²) in [5.41, 5.74) is 6.22. The Morgan fingerprint density at radius 2 is 2.41 bits per heavy atom. The zero-order valence-electron chi connectivity index (χ0n) is 9.64. The van der Waals surface area contributed by atoms with Crippen LogP contribution in [0.3, 0.4) is 0 Å². The van der Waals surface area contributed by atoms with Gasteiger partial charge in [-0.15, -0.1) is 0 Å². The molecule has 2 aliphatic rings. The maximum absolute atomic E-state index is 6.22. The Hall–Kier alpha value is -0.360. The van der Waals surface area contributed by atoms with Gasteiger partial charge in [-0.3, -0.25) is 4.90 Å². The second-order valence-corrected chi connectivity index (χ2v) is 5.68. The Morgan fingerprint density at radius 1 is 1.53 bits per heavy atom. The summed E-state index contributed by atoms with van der Waals surface area (Å²) < 4.78 is 12.2. The Bertz CT molecular complexity index is 396. The SMILES string of the molecule is NC(c1occc1Br)C1CN2CCCC2CO1. The first kappa shape index (κ1) is 11.7. The molecule has 0 bridgehead atoms. The van der Waals surface area contributed by atoms with Crippen LogP contribution in [0.15, 0.2) is 21.2 Å². The average Bonchev–Trinajstić information content (AvgIpc) is 2.95. The van der Waals surface area contributed by atoms with E-state index in [4.69, 9.17) is 14.9 Å². The van der Waals surface area contributed by atoms with E-state index in [0.29, 0.717) is 6.04 Å². The first-order valence-electron chi connectivity index (χ1n) is 6.10. The van der Waals surface area contributed by atoms with Crippen molar-refractivity contribution < 1.29 is 9.15 Å². The molecule has 1 aromatic heterocycles. The molecule has 5 heteroatoms. The van der Waals surface area contributed by atoms with Crippen LogP contribution in [0, 0.1) is 0 Å². The first-order valence-corrected chi connectivity index (χ1v) is 6.89. The lowest BCUT2D eigenvalue weighted by atomic mass is 10.1. The lowest BCUT2D eigenvalue weighted by Gasteiger charge is -2.37. The Morgan fingerprint density at radius 3 is 3.18 bits per heavy atom. The highest BCUT2D eigenvalue weighted by Gasteiger charge is 2.36. The van der Waals surface area contributed by atoms with Crippen LogP contribution in [0.2, 0.25) is 0 Å². The number of halogens is 1. The van der Waals surface area contributed by atoms with E-state index in [1.165, 1.54) is 19.4 Å². The van der Waals surface area contributed by atoms with E-state index in [1.54, 1.807) is 6.26 Å². The van der Waals surface area contributed by atoms with Crippen LogP contribution >= 0.6 is 15.9 Å². The third kappa shape index (κ3) is 2.17. The van der Waals surface area contributed by atoms with Gasteiger partial charge >= 0.3 is 0 Å². The molecule has 1 aromatic rings. The molecule has 0 amide bonds. The molecule has 17 heavy (non-hydrogen) atoms. The zero-order valence-corrected chi connectivity index (χ0v) is 11.2. The van der Waals surface area contributed by atoms with E-state index in [9.17, 15) is 0 Å². The van der Waals surface area contributed by atoms with Crippen LogP contribution in [0.25, 0.3) is 0 Å². The molecule has 3 rings (SSSR count). The number of morpholine rings is 1. The van der Waals surface area contributed by atoms with Gasteiger partial charge in [0.05, 0.1) is 29.5 Å². The molecule has 0 aliphatic carbocycles. The molecule has 2 N–H and O–H groups in total. The largest absolute Gasteiger partial charge is 0.466 e. The summed E-state index contributed by atoms with van der Waals surface area (Å²) in [6.07, 6.45) is 4.22. The van der Waals surface area contributed by atoms with Crippen LogP contribution in [-0.4, -0.2) is 36.7 Å². The average molecular weight is 301 g/mol. The lowest BCUT2D eigenvalue weighted by Crippen LogP contribution is -2.49. The number of fused-ring (bicyclic) bond motifs is 1. The summed E-state index contributed by atoms with van der Waals surface area (Å²) in [5, 5.41) is 0. The van der Waals surface area contributed by atoms with E-state index in [2.05, 4.69) is 20.8 Å². The van der Waals surface area contributed by atoms with E-state index in [-0.39, 0.29) is 12.1 Å². The van der Waals surface area contributed by atoms with Crippen molar-refractivity contribution in [1.82, 2.24) is 4.90 Å². The van der Waals surface area contributed by atoms with Crippen molar-refractivity contribution >= 4 is 15.9 Å². The second-order valence-electron chi connectivity index (χ2n) is 4.82. The van der Waals surface area contributed by atoms with E-state index < -0.39 is 0 Å². The molecule has 94 valence electrons. The maximum Gasteiger partial charge on any atom is 0.137 e. The minimum atomic E-state index is -0.194. The normalized spacial score (nSPS) is 31.4. The highest BCUT2D eigenvalue weighted by Crippen LogP contribution is 2.31. The van der Waals surface area contributed by atoms with Crippen LogP contribution in [0.5, 0.6) is 0 Å². The molecule has 2 fully saturated rings. The molecule has 0 saturated carbocycles. The van der Waals surface area contributed by atoms with Gasteiger partial charge in [0.2, 0.25) is 0 Å². The highest BCUT2D eigenvalue weighted by atomic mass is 79.9. The Kier molecular flexibility index (Phi) is 3.25. The van der Waals surface area contributed by atoms with Crippen LogP contribution < -0.4 is 5.73 Å². The minimum absolute atomic E-state index is 0.0341. The maximum atomic E-state index is 6.22. The Balaban J connectivity index is 1.71. The van der Waals surface area contributed by atoms with Gasteiger partial charge in [0, 0.05) is 12.6 Å². The standard InChI is InChI=1S/C12H17BrN2O2/c13-9-3-5-16-12(9)11(14)10-6-15-4-1-2-8(15)7-17-10/h3,5,8,10-11H,1-2,4,6-7,14H2. The molecule has 4 nitrogen and oxygen atoms in total. The third-order valence-electron chi connectivity index (χ3n) is 3.76. The minimum Gasteiger partial charge on any atom is -0.466 e. The van der Waals surface area contributed by atoms with Gasteiger partial charge in [-0.25, -0.2) is 0 Å². The number of nitrogens with two attached hydrogens (primary N) is 1. The van der Waals surface area contributed by atoms with Crippen molar-refractivity contribution in [2.75, 3.05) is 19.7 Å². The third-order valence-corrected chi connectivity index (χ3v) is 4.42. The van der Waals surface area contributed by atoms with Crippen molar-refractivity contribution in [3.05, 3.63) is 22.6 Å². The molecule has 3 atom stereocenters. The van der Waals surface area contributed by atoms with Crippen molar-refractivity contribution in [2.24, 2.45) is 5.73 Å². The van der Waals surface area contributed by atoms with E-state index >= 15 is 0 Å². The van der Waals surface area contributed by atoms with Crippen molar-refractivity contribution in [2.45, 2.75) is 31.0 Å². The zero-order chi connectivity index (χ0) is 11.8. The second kappa shape index (κ2) is 4.72. The van der Waals surface area contributed by atoms with Gasteiger partial charge in [-0.1, -0.05) is 0 Å². The Labute approximate surface area is 109 Å². The summed E-state index contributed by atoms with van der Waals surface area (Å²) in [4.78, 5) is 2.49. The van der Waals surface area contributed by atoms with Crippen LogP contribution in [0.4, 0.5) is 0 Å². The molecule has 3 heterocycles. The number of ether oxygens (including phenoxy) is 1. The number of rotatable bonds is 2. The lowest BCUT2D eigenvalue weighted by molar-refractivity contribution is -0.0623. The predicted octanol–water partition coefficient (Wildman–Crippen LogP) is 1.91. The van der Waals surface area contributed by atoms with E-state index in [0.717, 1.165) is 23.4 Å². The number of hydrogen-bond acceptors (Lipinski definition) is 4. The predicted molar refractivity (Wildman–Crippen MR) is 67.7 cm³/mol. The molecule has 0 radical (unpaired) electrons. The summed E-state index contributed by atoms with van der Waals surface area (Å²) in [6.45, 7) is 2.90. The summed E-state index contributed by atoms with van der Waals surface area (Å²) >= 11 is 3.45. The van der Waals surface area contributed by atoms with Crippen molar-refractivity contribution in [1.29, 1.82) is 0 Å². The van der Waals surface area contributed by atoms with Gasteiger partial charge in [-0.05, 0) is 41.4 Å². The number of hydrogen-bond donors (Lipinski definition) is 1.